The monoisotopic (exact) mass is 197 g/mol. The average Bonchev–Trinajstić information content (AvgIpc) is 2.18. The van der Waals surface area contributed by atoms with Crippen molar-refractivity contribution in [2.75, 3.05) is 26.3 Å². The predicted molar refractivity (Wildman–Crippen MR) is 51.9 cm³/mol. The van der Waals surface area contributed by atoms with Crippen LogP contribution in [0.5, 0.6) is 0 Å². The third-order valence-electron chi connectivity index (χ3n) is 2.29. The van der Waals surface area contributed by atoms with Gasteiger partial charge in [-0.05, 0) is 12.8 Å². The summed E-state index contributed by atoms with van der Waals surface area (Å²) >= 11 is 0. The van der Waals surface area contributed by atoms with Gasteiger partial charge >= 0.3 is 5.97 Å². The largest absolute Gasteiger partial charge is 0.480 e. The lowest BCUT2D eigenvalue weighted by Crippen LogP contribution is -2.44. The van der Waals surface area contributed by atoms with Crippen LogP contribution in [0.4, 0.5) is 0 Å². The van der Waals surface area contributed by atoms with E-state index in [1.807, 2.05) is 0 Å². The zero-order valence-electron chi connectivity index (χ0n) is 8.11. The van der Waals surface area contributed by atoms with Crippen LogP contribution < -0.4 is 0 Å². The Morgan fingerprint density at radius 1 is 1.71 bits per heavy atom. The Balaban J connectivity index is 2.47. The quantitative estimate of drug-likeness (QED) is 0.653. The molecule has 1 aliphatic heterocycles. The number of hydrogen-bond donors (Lipinski definition) is 1. The van der Waals surface area contributed by atoms with Crippen LogP contribution in [0, 0.1) is 12.3 Å². The average molecular weight is 197 g/mol. The highest BCUT2D eigenvalue weighted by Gasteiger charge is 2.22. The van der Waals surface area contributed by atoms with E-state index in [2.05, 4.69) is 5.92 Å². The van der Waals surface area contributed by atoms with Gasteiger partial charge in [-0.3, -0.25) is 9.69 Å². The number of aliphatic carboxylic acids is 1. The molecule has 1 atom stereocenters. The van der Waals surface area contributed by atoms with E-state index in [4.69, 9.17) is 16.3 Å². The standard InChI is InChI=1S/C10H15NO3/c1-2-5-11(7-10(12)13)9-4-3-6-14-8-9/h1,9H,3-8H2,(H,12,13). The maximum Gasteiger partial charge on any atom is 0.317 e. The van der Waals surface area contributed by atoms with E-state index in [-0.39, 0.29) is 12.6 Å². The van der Waals surface area contributed by atoms with Gasteiger partial charge in [-0.25, -0.2) is 0 Å². The van der Waals surface area contributed by atoms with Crippen LogP contribution in [0.15, 0.2) is 0 Å². The second-order valence-corrected chi connectivity index (χ2v) is 3.37. The molecule has 1 N–H and O–H groups in total. The molecule has 14 heavy (non-hydrogen) atoms. The Hall–Kier alpha value is -1.05. The summed E-state index contributed by atoms with van der Waals surface area (Å²) < 4.78 is 5.29. The molecule has 4 heteroatoms. The molecule has 1 rings (SSSR count). The smallest absolute Gasteiger partial charge is 0.317 e. The maximum absolute atomic E-state index is 10.6. The SMILES string of the molecule is C#CCN(CC(=O)O)C1CCCOC1. The van der Waals surface area contributed by atoms with E-state index in [1.54, 1.807) is 4.90 Å². The van der Waals surface area contributed by atoms with Crippen LogP contribution in [0.3, 0.4) is 0 Å². The summed E-state index contributed by atoms with van der Waals surface area (Å²) in [5.41, 5.74) is 0. The zero-order chi connectivity index (χ0) is 10.4. The van der Waals surface area contributed by atoms with Gasteiger partial charge in [-0.2, -0.15) is 0 Å². The van der Waals surface area contributed by atoms with E-state index < -0.39 is 5.97 Å². The van der Waals surface area contributed by atoms with Crippen molar-refractivity contribution in [3.8, 4) is 12.3 Å². The molecule has 78 valence electrons. The Morgan fingerprint density at radius 2 is 2.50 bits per heavy atom. The fourth-order valence-corrected chi connectivity index (χ4v) is 1.62. The Morgan fingerprint density at radius 3 is 3.00 bits per heavy atom. The molecule has 0 aliphatic carbocycles. The summed E-state index contributed by atoms with van der Waals surface area (Å²) in [6, 6.07) is 0.163. The van der Waals surface area contributed by atoms with Gasteiger partial charge in [0.05, 0.1) is 19.7 Å². The summed E-state index contributed by atoms with van der Waals surface area (Å²) in [6.45, 7) is 1.74. The predicted octanol–water partition coefficient (Wildman–Crippen LogP) is 0.185. The molecular formula is C10H15NO3. The molecule has 0 aromatic carbocycles. The topological polar surface area (TPSA) is 49.8 Å². The highest BCUT2D eigenvalue weighted by Crippen LogP contribution is 2.12. The first kappa shape index (κ1) is 11.0. The highest BCUT2D eigenvalue weighted by atomic mass is 16.5. The van der Waals surface area contributed by atoms with Gasteiger partial charge in [0, 0.05) is 12.6 Å². The number of terminal acetylenes is 1. The first-order valence-corrected chi connectivity index (χ1v) is 4.71. The van der Waals surface area contributed by atoms with E-state index >= 15 is 0 Å². The summed E-state index contributed by atoms with van der Waals surface area (Å²) in [5, 5.41) is 8.69. The maximum atomic E-state index is 10.6. The molecule has 1 heterocycles. The molecule has 0 radical (unpaired) electrons. The molecule has 0 aromatic heterocycles. The van der Waals surface area contributed by atoms with E-state index in [1.165, 1.54) is 0 Å². The lowest BCUT2D eigenvalue weighted by Gasteiger charge is -2.31. The third-order valence-corrected chi connectivity index (χ3v) is 2.29. The minimum atomic E-state index is -0.842. The Labute approximate surface area is 83.8 Å². The van der Waals surface area contributed by atoms with Crippen molar-refractivity contribution in [1.82, 2.24) is 4.90 Å². The van der Waals surface area contributed by atoms with Gasteiger partial charge in [-0.1, -0.05) is 5.92 Å². The molecule has 0 spiro atoms. The summed E-state index contributed by atoms with van der Waals surface area (Å²) in [5.74, 6) is 1.64. The third kappa shape index (κ3) is 3.36. The van der Waals surface area contributed by atoms with Gasteiger partial charge in [0.1, 0.15) is 0 Å². The van der Waals surface area contributed by atoms with Crippen LogP contribution in [0.2, 0.25) is 0 Å². The van der Waals surface area contributed by atoms with E-state index in [0.717, 1.165) is 19.4 Å². The van der Waals surface area contributed by atoms with Gasteiger partial charge in [0.15, 0.2) is 0 Å². The van der Waals surface area contributed by atoms with Crippen LogP contribution in [0.25, 0.3) is 0 Å². The lowest BCUT2D eigenvalue weighted by atomic mass is 10.1. The van der Waals surface area contributed by atoms with Crippen molar-refractivity contribution < 1.29 is 14.6 Å². The van der Waals surface area contributed by atoms with Gasteiger partial charge in [0.25, 0.3) is 0 Å². The number of hydrogen-bond acceptors (Lipinski definition) is 3. The van der Waals surface area contributed by atoms with Crippen molar-refractivity contribution in [2.45, 2.75) is 18.9 Å². The van der Waals surface area contributed by atoms with Crippen LogP contribution in [-0.2, 0) is 9.53 Å². The number of ether oxygens (including phenoxy) is 1. The van der Waals surface area contributed by atoms with Gasteiger partial charge in [0.2, 0.25) is 0 Å². The van der Waals surface area contributed by atoms with Crippen molar-refractivity contribution in [3.63, 3.8) is 0 Å². The molecule has 1 unspecified atom stereocenters. The molecule has 1 fully saturated rings. The van der Waals surface area contributed by atoms with Gasteiger partial charge in [-0.15, -0.1) is 6.42 Å². The first-order valence-electron chi connectivity index (χ1n) is 4.71. The van der Waals surface area contributed by atoms with Crippen molar-refractivity contribution in [1.29, 1.82) is 0 Å². The summed E-state index contributed by atoms with van der Waals surface area (Å²) in [6.07, 6.45) is 7.13. The number of rotatable bonds is 4. The molecular weight excluding hydrogens is 182 g/mol. The lowest BCUT2D eigenvalue weighted by molar-refractivity contribution is -0.139. The molecule has 0 amide bonds. The van der Waals surface area contributed by atoms with Crippen molar-refractivity contribution in [2.24, 2.45) is 0 Å². The van der Waals surface area contributed by atoms with Gasteiger partial charge < -0.3 is 9.84 Å². The number of carboxylic acids is 1. The van der Waals surface area contributed by atoms with Crippen LogP contribution in [0.1, 0.15) is 12.8 Å². The minimum Gasteiger partial charge on any atom is -0.480 e. The molecule has 1 saturated heterocycles. The zero-order valence-corrected chi connectivity index (χ0v) is 8.11. The van der Waals surface area contributed by atoms with Crippen molar-refractivity contribution >= 4 is 5.97 Å². The molecule has 1 aliphatic rings. The number of nitrogens with zero attached hydrogens (tertiary/aromatic N) is 1. The second kappa shape index (κ2) is 5.63. The minimum absolute atomic E-state index is 0.00176. The molecule has 0 aromatic rings. The fourth-order valence-electron chi connectivity index (χ4n) is 1.62. The Kier molecular flexibility index (Phi) is 4.44. The molecule has 4 nitrogen and oxygen atoms in total. The summed E-state index contributed by atoms with van der Waals surface area (Å²) in [7, 11) is 0. The second-order valence-electron chi connectivity index (χ2n) is 3.37. The summed E-state index contributed by atoms with van der Waals surface area (Å²) in [4.78, 5) is 12.4. The molecule has 0 bridgehead atoms. The van der Waals surface area contributed by atoms with Crippen molar-refractivity contribution in [3.05, 3.63) is 0 Å². The number of carbonyl (C=O) groups is 1. The first-order chi connectivity index (χ1) is 6.74. The normalized spacial score (nSPS) is 21.9. The van der Waals surface area contributed by atoms with E-state index in [0.29, 0.717) is 13.2 Å². The fraction of sp³-hybridized carbons (Fsp3) is 0.700. The highest BCUT2D eigenvalue weighted by molar-refractivity contribution is 5.69. The Bertz CT molecular complexity index is 228. The number of carboxylic acid groups (broad SMARTS) is 1. The van der Waals surface area contributed by atoms with E-state index in [9.17, 15) is 4.79 Å². The van der Waals surface area contributed by atoms with Crippen LogP contribution in [-0.4, -0.2) is 48.3 Å². The van der Waals surface area contributed by atoms with Crippen LogP contribution >= 0.6 is 0 Å². The molecule has 0 saturated carbocycles.